The molecule has 0 spiro atoms. The van der Waals surface area contributed by atoms with Crippen molar-refractivity contribution < 1.29 is 4.74 Å². The van der Waals surface area contributed by atoms with Gasteiger partial charge in [0.25, 0.3) is 0 Å². The van der Waals surface area contributed by atoms with Crippen molar-refractivity contribution in [1.29, 1.82) is 0 Å². The number of anilines is 1. The molecule has 2 heterocycles. The summed E-state index contributed by atoms with van der Waals surface area (Å²) in [6.45, 7) is 3.42. The first-order valence-electron chi connectivity index (χ1n) is 9.79. The van der Waals surface area contributed by atoms with E-state index in [1.54, 1.807) is 18.1 Å². The lowest BCUT2D eigenvalue weighted by atomic mass is 10.2. The number of piperazine rings is 1. The first-order chi connectivity index (χ1) is 13.8. The zero-order valence-electron chi connectivity index (χ0n) is 15.8. The van der Waals surface area contributed by atoms with Crippen LogP contribution >= 0.6 is 23.5 Å². The maximum Gasteiger partial charge on any atom is 0.316 e. The molecule has 1 saturated heterocycles. The predicted molar refractivity (Wildman–Crippen MR) is 115 cm³/mol. The van der Waals surface area contributed by atoms with E-state index in [-0.39, 0.29) is 11.7 Å². The highest BCUT2D eigenvalue weighted by Crippen LogP contribution is 2.30. The highest BCUT2D eigenvalue weighted by molar-refractivity contribution is 7.98. The van der Waals surface area contributed by atoms with Crippen molar-refractivity contribution in [2.45, 2.75) is 31.8 Å². The van der Waals surface area contributed by atoms with Crippen LogP contribution < -0.4 is 15.2 Å². The number of hydrogen-bond donors (Lipinski definition) is 0. The molecule has 2 aliphatic rings. The van der Waals surface area contributed by atoms with Gasteiger partial charge in [0.2, 0.25) is 5.75 Å². The van der Waals surface area contributed by atoms with E-state index < -0.39 is 0 Å². The van der Waals surface area contributed by atoms with Crippen LogP contribution in [0.2, 0.25) is 0 Å². The van der Waals surface area contributed by atoms with Crippen molar-refractivity contribution in [2.24, 2.45) is 0 Å². The Hall–Kier alpha value is -1.70. The Morgan fingerprint density at radius 2 is 1.82 bits per heavy atom. The summed E-state index contributed by atoms with van der Waals surface area (Å²) < 4.78 is 9.97. The Bertz CT molecular complexity index is 834. The fourth-order valence-electron chi connectivity index (χ4n) is 3.82. The third-order valence-electron chi connectivity index (χ3n) is 5.31. The molecule has 8 heteroatoms. The maximum absolute atomic E-state index is 13.3. The van der Waals surface area contributed by atoms with Gasteiger partial charge >= 0.3 is 5.56 Å². The molecule has 0 amide bonds. The highest BCUT2D eigenvalue weighted by atomic mass is 35.5. The van der Waals surface area contributed by atoms with Gasteiger partial charge in [-0.15, -0.1) is 11.6 Å². The summed E-state index contributed by atoms with van der Waals surface area (Å²) in [5.74, 6) is 0.434. The zero-order chi connectivity index (χ0) is 19.3. The second kappa shape index (κ2) is 9.20. The SMILES string of the molecule is O=c1c(OC2CCCC2)c(N2CCN(SCCl)CC2)cnn1-c1ccccc1. The van der Waals surface area contributed by atoms with E-state index >= 15 is 0 Å². The maximum atomic E-state index is 13.3. The summed E-state index contributed by atoms with van der Waals surface area (Å²) in [5.41, 5.74) is 1.37. The molecule has 28 heavy (non-hydrogen) atoms. The molecule has 1 saturated carbocycles. The molecule has 0 atom stereocenters. The Morgan fingerprint density at radius 3 is 2.50 bits per heavy atom. The van der Waals surface area contributed by atoms with Crippen LogP contribution in [-0.4, -0.2) is 51.6 Å². The number of alkyl halides is 1. The first kappa shape index (κ1) is 19.6. The molecule has 1 aliphatic carbocycles. The van der Waals surface area contributed by atoms with Gasteiger partial charge in [0.1, 0.15) is 5.69 Å². The number of para-hydroxylation sites is 1. The molecule has 2 fully saturated rings. The summed E-state index contributed by atoms with van der Waals surface area (Å²) in [6, 6.07) is 9.51. The van der Waals surface area contributed by atoms with Crippen LogP contribution in [0.15, 0.2) is 41.3 Å². The van der Waals surface area contributed by atoms with Crippen molar-refractivity contribution >= 4 is 29.2 Å². The number of ether oxygens (including phenoxy) is 1. The van der Waals surface area contributed by atoms with Gasteiger partial charge in [-0.25, -0.2) is 4.31 Å². The lowest BCUT2D eigenvalue weighted by Crippen LogP contribution is -2.44. The summed E-state index contributed by atoms with van der Waals surface area (Å²) in [4.78, 5) is 15.5. The van der Waals surface area contributed by atoms with Crippen LogP contribution in [0, 0.1) is 0 Å². The molecule has 4 rings (SSSR count). The molecular formula is C20H25ClN4O2S. The predicted octanol–water partition coefficient (Wildman–Crippen LogP) is 3.52. The van der Waals surface area contributed by atoms with Crippen LogP contribution in [0.5, 0.6) is 5.75 Å². The zero-order valence-corrected chi connectivity index (χ0v) is 17.4. The second-order valence-corrected chi connectivity index (χ2v) is 8.74. The van der Waals surface area contributed by atoms with Gasteiger partial charge in [-0.3, -0.25) is 4.79 Å². The van der Waals surface area contributed by atoms with Gasteiger partial charge in [-0.05, 0) is 37.8 Å². The van der Waals surface area contributed by atoms with Gasteiger partial charge in [0.15, 0.2) is 0 Å². The van der Waals surface area contributed by atoms with Crippen LogP contribution in [0.1, 0.15) is 25.7 Å². The smallest absolute Gasteiger partial charge is 0.316 e. The number of halogens is 1. The minimum Gasteiger partial charge on any atom is -0.483 e. The molecule has 1 aromatic carbocycles. The van der Waals surface area contributed by atoms with E-state index in [1.807, 2.05) is 30.3 Å². The molecule has 0 unspecified atom stereocenters. The van der Waals surface area contributed by atoms with E-state index in [4.69, 9.17) is 16.3 Å². The van der Waals surface area contributed by atoms with E-state index in [0.29, 0.717) is 11.0 Å². The number of aromatic nitrogens is 2. The Balaban J connectivity index is 1.65. The molecule has 0 radical (unpaired) electrons. The largest absolute Gasteiger partial charge is 0.483 e. The van der Waals surface area contributed by atoms with Gasteiger partial charge in [0, 0.05) is 26.2 Å². The van der Waals surface area contributed by atoms with Crippen LogP contribution in [0.4, 0.5) is 5.69 Å². The van der Waals surface area contributed by atoms with E-state index in [1.165, 1.54) is 4.68 Å². The quantitative estimate of drug-likeness (QED) is 0.526. The van der Waals surface area contributed by atoms with Gasteiger partial charge < -0.3 is 9.64 Å². The second-order valence-electron chi connectivity index (χ2n) is 7.09. The Kier molecular flexibility index (Phi) is 6.44. The van der Waals surface area contributed by atoms with Crippen LogP contribution in [-0.2, 0) is 0 Å². The van der Waals surface area contributed by atoms with Gasteiger partial charge in [0.05, 0.1) is 23.2 Å². The molecule has 0 bridgehead atoms. The minimum atomic E-state index is -0.187. The molecule has 150 valence electrons. The lowest BCUT2D eigenvalue weighted by molar-refractivity contribution is 0.205. The third kappa shape index (κ3) is 4.31. The van der Waals surface area contributed by atoms with Gasteiger partial charge in [-0.1, -0.05) is 30.1 Å². The van der Waals surface area contributed by atoms with Crippen molar-refractivity contribution in [1.82, 2.24) is 14.1 Å². The molecule has 2 aromatic rings. The minimum absolute atomic E-state index is 0.117. The normalized spacial score (nSPS) is 18.5. The first-order valence-corrected chi connectivity index (χ1v) is 11.3. The Morgan fingerprint density at radius 1 is 1.11 bits per heavy atom. The highest BCUT2D eigenvalue weighted by Gasteiger charge is 2.26. The van der Waals surface area contributed by atoms with Crippen LogP contribution in [0.3, 0.4) is 0 Å². The molecule has 0 N–H and O–H groups in total. The number of rotatable bonds is 6. The van der Waals surface area contributed by atoms with E-state index in [9.17, 15) is 4.79 Å². The average Bonchev–Trinajstić information content (AvgIpc) is 3.24. The van der Waals surface area contributed by atoms with Crippen LogP contribution in [0.25, 0.3) is 5.69 Å². The van der Waals surface area contributed by atoms with Crippen molar-refractivity contribution in [3.05, 3.63) is 46.9 Å². The van der Waals surface area contributed by atoms with Crippen molar-refractivity contribution in [3.8, 4) is 11.4 Å². The third-order valence-corrected chi connectivity index (χ3v) is 6.43. The van der Waals surface area contributed by atoms with E-state index in [2.05, 4.69) is 14.3 Å². The topological polar surface area (TPSA) is 50.6 Å². The molecule has 6 nitrogen and oxygen atoms in total. The van der Waals surface area contributed by atoms with Crippen molar-refractivity contribution in [2.75, 3.05) is 36.3 Å². The van der Waals surface area contributed by atoms with E-state index in [0.717, 1.165) is 63.2 Å². The van der Waals surface area contributed by atoms with Gasteiger partial charge in [-0.2, -0.15) is 9.78 Å². The molecule has 1 aliphatic heterocycles. The number of nitrogens with zero attached hydrogens (tertiary/aromatic N) is 4. The Labute approximate surface area is 174 Å². The van der Waals surface area contributed by atoms with Crippen molar-refractivity contribution in [3.63, 3.8) is 0 Å². The average molecular weight is 421 g/mol. The monoisotopic (exact) mass is 420 g/mol. The fraction of sp³-hybridized carbons (Fsp3) is 0.500. The summed E-state index contributed by atoms with van der Waals surface area (Å²) in [7, 11) is 0. The number of benzene rings is 1. The lowest BCUT2D eigenvalue weighted by Gasteiger charge is -2.35. The number of hydrogen-bond acceptors (Lipinski definition) is 6. The summed E-state index contributed by atoms with van der Waals surface area (Å²) in [5, 5.41) is 5.02. The summed E-state index contributed by atoms with van der Waals surface area (Å²) in [6.07, 6.45) is 6.23. The molecular weight excluding hydrogens is 396 g/mol. The standard InChI is InChI=1S/C20H25ClN4O2S/c21-15-28-24-12-10-23(11-13-24)18-14-22-25(16-6-2-1-3-7-16)20(26)19(18)27-17-8-4-5-9-17/h1-3,6-7,14,17H,4-5,8-13,15H2. The fourth-order valence-corrected chi connectivity index (χ4v) is 4.79. The molecule has 1 aromatic heterocycles. The summed E-state index contributed by atoms with van der Waals surface area (Å²) >= 11 is 7.48.